The van der Waals surface area contributed by atoms with Gasteiger partial charge in [0.2, 0.25) is 0 Å². The van der Waals surface area contributed by atoms with Crippen molar-refractivity contribution in [3.63, 3.8) is 0 Å². The Balaban J connectivity index is 1.10. The maximum atomic E-state index is 2.49. The standard InChI is InChI=1S/C74H66N2/c1-72(2,3)53-32-41-58(42-33-53)75(56-37-28-51(29-38-56)62-26-16-20-49-18-10-12-22-60(49)62)70-48-69-67-46-55(74(7,8)9)36-45-66(67)71(47-68(69)64-24-14-15-25-65(64)70)76(59-43-34-54(35-44-59)73(4,5)6)57-39-30-52(31-40-57)63-27-17-21-50-19-11-13-23-61(50)63/h10-48H,1-9H3. The second-order valence-corrected chi connectivity index (χ2v) is 23.9. The van der Waals surface area contributed by atoms with Crippen molar-refractivity contribution >= 4 is 88.0 Å². The summed E-state index contributed by atoms with van der Waals surface area (Å²) in [4.78, 5) is 4.97. The minimum absolute atomic E-state index is 0.0143. The van der Waals surface area contributed by atoms with Crippen molar-refractivity contribution in [1.82, 2.24) is 0 Å². The Labute approximate surface area is 449 Å². The van der Waals surface area contributed by atoms with Crippen LogP contribution < -0.4 is 9.80 Å². The first kappa shape index (κ1) is 48.5. The van der Waals surface area contributed by atoms with Gasteiger partial charge >= 0.3 is 0 Å². The van der Waals surface area contributed by atoms with Crippen molar-refractivity contribution in [2.45, 2.75) is 78.6 Å². The van der Waals surface area contributed by atoms with E-state index in [-0.39, 0.29) is 16.2 Å². The molecule has 0 spiro atoms. The topological polar surface area (TPSA) is 6.48 Å². The van der Waals surface area contributed by atoms with Gasteiger partial charge in [-0.05, 0) is 165 Å². The molecule has 0 amide bonds. The summed E-state index contributed by atoms with van der Waals surface area (Å²) in [5, 5.41) is 12.2. The van der Waals surface area contributed by atoms with Gasteiger partial charge in [-0.2, -0.15) is 0 Å². The number of nitrogens with zero attached hydrogens (tertiary/aromatic N) is 2. The van der Waals surface area contributed by atoms with E-state index in [1.54, 1.807) is 0 Å². The summed E-state index contributed by atoms with van der Waals surface area (Å²) in [6.45, 7) is 20.7. The van der Waals surface area contributed by atoms with Gasteiger partial charge < -0.3 is 9.80 Å². The lowest BCUT2D eigenvalue weighted by atomic mass is 9.84. The quantitative estimate of drug-likeness (QED) is 0.140. The average Bonchev–Trinajstić information content (AvgIpc) is 3.56. The lowest BCUT2D eigenvalue weighted by molar-refractivity contribution is 0.590. The number of hydrogen-bond acceptors (Lipinski definition) is 2. The number of fused-ring (bicyclic) bond motifs is 7. The first-order valence-electron chi connectivity index (χ1n) is 27.0. The van der Waals surface area contributed by atoms with E-state index < -0.39 is 0 Å². The molecular formula is C74H66N2. The van der Waals surface area contributed by atoms with Crippen molar-refractivity contribution in [3.8, 4) is 22.3 Å². The smallest absolute Gasteiger partial charge is 0.0546 e. The Morgan fingerprint density at radius 2 is 0.553 bits per heavy atom. The number of benzene rings is 12. The fourth-order valence-electron chi connectivity index (χ4n) is 11.4. The first-order chi connectivity index (χ1) is 36.6. The zero-order valence-electron chi connectivity index (χ0n) is 45.4. The maximum absolute atomic E-state index is 2.49. The third-order valence-electron chi connectivity index (χ3n) is 15.7. The predicted octanol–water partition coefficient (Wildman–Crippen LogP) is 21.6. The highest BCUT2D eigenvalue weighted by molar-refractivity contribution is 6.25. The molecule has 12 aromatic rings. The van der Waals surface area contributed by atoms with E-state index in [9.17, 15) is 0 Å². The molecule has 0 unspecified atom stereocenters. The van der Waals surface area contributed by atoms with Crippen LogP contribution in [0.2, 0.25) is 0 Å². The summed E-state index contributed by atoms with van der Waals surface area (Å²) < 4.78 is 0. The van der Waals surface area contributed by atoms with Crippen LogP contribution in [0.15, 0.2) is 237 Å². The van der Waals surface area contributed by atoms with Crippen LogP contribution in [0.1, 0.15) is 79.0 Å². The summed E-state index contributed by atoms with van der Waals surface area (Å²) in [5.41, 5.74) is 15.4. The van der Waals surface area contributed by atoms with Gasteiger partial charge in [-0.3, -0.25) is 0 Å². The average molecular weight is 983 g/mol. The van der Waals surface area contributed by atoms with Crippen LogP contribution in [0.4, 0.5) is 34.1 Å². The van der Waals surface area contributed by atoms with Crippen LogP contribution in [-0.4, -0.2) is 0 Å². The molecule has 0 aliphatic rings. The van der Waals surface area contributed by atoms with Gasteiger partial charge in [0.25, 0.3) is 0 Å². The normalized spacial score (nSPS) is 12.3. The Morgan fingerprint density at radius 1 is 0.237 bits per heavy atom. The van der Waals surface area contributed by atoms with E-state index >= 15 is 0 Å². The maximum Gasteiger partial charge on any atom is 0.0546 e. The SMILES string of the molecule is CC(C)(C)c1ccc(N(c2ccc(-c3cccc4ccccc34)cc2)c2cc3c4cc(C(C)(C)C)ccc4c(N(c4ccc(-c5cccc6ccccc56)cc4)c4ccc(C(C)(C)C)cc4)cc3c3ccccc23)cc1. The highest BCUT2D eigenvalue weighted by Gasteiger charge is 2.25. The van der Waals surface area contributed by atoms with E-state index in [0.29, 0.717) is 0 Å². The van der Waals surface area contributed by atoms with Crippen molar-refractivity contribution < 1.29 is 0 Å². The minimum atomic E-state index is -0.0806. The highest BCUT2D eigenvalue weighted by atomic mass is 15.2. The summed E-state index contributed by atoms with van der Waals surface area (Å²) in [7, 11) is 0. The fraction of sp³-hybridized carbons (Fsp3) is 0.162. The first-order valence-corrected chi connectivity index (χ1v) is 27.0. The summed E-state index contributed by atoms with van der Waals surface area (Å²) in [5.74, 6) is 0. The molecule has 2 nitrogen and oxygen atoms in total. The molecule has 76 heavy (non-hydrogen) atoms. The van der Waals surface area contributed by atoms with E-state index in [0.717, 1.165) is 34.1 Å². The zero-order valence-corrected chi connectivity index (χ0v) is 45.4. The number of rotatable bonds is 8. The molecule has 0 heterocycles. The van der Waals surface area contributed by atoms with Crippen LogP contribution in [-0.2, 0) is 16.2 Å². The van der Waals surface area contributed by atoms with E-state index in [4.69, 9.17) is 0 Å². The molecule has 0 atom stereocenters. The minimum Gasteiger partial charge on any atom is -0.310 e. The van der Waals surface area contributed by atoms with Gasteiger partial charge in [-0.15, -0.1) is 0 Å². The molecule has 372 valence electrons. The van der Waals surface area contributed by atoms with Gasteiger partial charge in [-0.1, -0.05) is 232 Å². The molecule has 0 radical (unpaired) electrons. The van der Waals surface area contributed by atoms with Crippen molar-refractivity contribution in [1.29, 1.82) is 0 Å². The molecule has 0 bridgehead atoms. The van der Waals surface area contributed by atoms with Crippen LogP contribution in [0, 0.1) is 0 Å². The summed E-state index contributed by atoms with van der Waals surface area (Å²) in [6.07, 6.45) is 0. The van der Waals surface area contributed by atoms with Crippen LogP contribution in [0.5, 0.6) is 0 Å². The zero-order chi connectivity index (χ0) is 52.5. The van der Waals surface area contributed by atoms with Gasteiger partial charge in [0, 0.05) is 33.5 Å². The molecule has 12 rings (SSSR count). The second kappa shape index (κ2) is 18.7. The Kier molecular flexibility index (Phi) is 11.9. The van der Waals surface area contributed by atoms with E-state index in [1.165, 1.54) is 92.8 Å². The van der Waals surface area contributed by atoms with Gasteiger partial charge in [0.1, 0.15) is 0 Å². The lowest BCUT2D eigenvalue weighted by Crippen LogP contribution is -2.14. The van der Waals surface area contributed by atoms with Crippen molar-refractivity contribution in [2.75, 3.05) is 9.80 Å². The molecule has 0 aliphatic carbocycles. The third-order valence-corrected chi connectivity index (χ3v) is 15.7. The third kappa shape index (κ3) is 8.86. The largest absolute Gasteiger partial charge is 0.310 e. The van der Waals surface area contributed by atoms with Crippen LogP contribution >= 0.6 is 0 Å². The van der Waals surface area contributed by atoms with Gasteiger partial charge in [0.05, 0.1) is 11.4 Å². The Morgan fingerprint density at radius 3 is 0.974 bits per heavy atom. The molecule has 2 heteroatoms. The fourth-order valence-corrected chi connectivity index (χ4v) is 11.4. The number of hydrogen-bond donors (Lipinski definition) is 0. The molecule has 0 aliphatic heterocycles. The monoisotopic (exact) mass is 983 g/mol. The van der Waals surface area contributed by atoms with Gasteiger partial charge in [0.15, 0.2) is 0 Å². The molecule has 0 fully saturated rings. The second-order valence-electron chi connectivity index (χ2n) is 23.9. The van der Waals surface area contributed by atoms with Crippen molar-refractivity contribution in [2.24, 2.45) is 0 Å². The van der Waals surface area contributed by atoms with Crippen LogP contribution in [0.25, 0.3) is 76.1 Å². The lowest BCUT2D eigenvalue weighted by Gasteiger charge is -2.31. The molecular weight excluding hydrogens is 917 g/mol. The molecule has 0 saturated carbocycles. The van der Waals surface area contributed by atoms with Crippen LogP contribution in [0.3, 0.4) is 0 Å². The van der Waals surface area contributed by atoms with E-state index in [2.05, 4.69) is 309 Å². The van der Waals surface area contributed by atoms with Gasteiger partial charge in [-0.25, -0.2) is 0 Å². The summed E-state index contributed by atoms with van der Waals surface area (Å²) in [6, 6.07) is 88.7. The molecule has 0 saturated heterocycles. The Bertz CT molecular complexity index is 4110. The molecule has 0 aromatic heterocycles. The molecule has 0 N–H and O–H groups in total. The Hall–Kier alpha value is -8.46. The van der Waals surface area contributed by atoms with Crippen molar-refractivity contribution in [3.05, 3.63) is 253 Å². The highest BCUT2D eigenvalue weighted by Crippen LogP contribution is 2.49. The van der Waals surface area contributed by atoms with E-state index in [1.807, 2.05) is 0 Å². The molecule has 12 aromatic carbocycles. The summed E-state index contributed by atoms with van der Waals surface area (Å²) >= 11 is 0. The number of anilines is 6. The predicted molar refractivity (Wildman–Crippen MR) is 330 cm³/mol.